The number of thiazole rings is 1. The van der Waals surface area contributed by atoms with Gasteiger partial charge in [-0.25, -0.2) is 9.97 Å². The van der Waals surface area contributed by atoms with E-state index >= 15 is 0 Å². The molecule has 0 spiro atoms. The number of aliphatic hydroxyl groups excluding tert-OH is 1. The molecule has 0 amide bonds. The number of aromatic nitrogens is 3. The molecule has 2 heterocycles. The molecule has 0 radical (unpaired) electrons. The Balaban J connectivity index is 1.31. The minimum absolute atomic E-state index is 0.0553. The van der Waals surface area contributed by atoms with Crippen LogP contribution in [0.4, 0.5) is 10.9 Å². The number of rotatable bonds is 6. The average Bonchev–Trinajstić information content (AvgIpc) is 3.23. The van der Waals surface area contributed by atoms with E-state index in [9.17, 15) is 5.11 Å². The first-order chi connectivity index (χ1) is 15.7. The average molecular weight is 466 g/mol. The second-order valence-electron chi connectivity index (χ2n) is 8.06. The lowest BCUT2D eigenvalue weighted by atomic mass is 9.93. The van der Waals surface area contributed by atoms with Crippen LogP contribution in [0.25, 0.3) is 21.5 Å². The van der Waals surface area contributed by atoms with E-state index in [0.29, 0.717) is 17.4 Å². The van der Waals surface area contributed by atoms with Crippen molar-refractivity contribution in [2.24, 2.45) is 0 Å². The Morgan fingerprint density at radius 1 is 1.06 bits per heavy atom. The number of aliphatic hydroxyl groups is 1. The van der Waals surface area contributed by atoms with Gasteiger partial charge in [-0.2, -0.15) is 0 Å². The fourth-order valence-electron chi connectivity index (χ4n) is 4.04. The van der Waals surface area contributed by atoms with Crippen LogP contribution in [-0.4, -0.2) is 32.2 Å². The van der Waals surface area contributed by atoms with Gasteiger partial charge in [-0.15, -0.1) is 0 Å². The first-order valence-corrected chi connectivity index (χ1v) is 12.0. The van der Waals surface area contributed by atoms with Crippen molar-refractivity contribution in [3.8, 4) is 11.3 Å². The monoisotopic (exact) mass is 465 g/mol. The molecular weight excluding hydrogens is 442 g/mol. The first kappa shape index (κ1) is 21.1. The Kier molecular flexibility index (Phi) is 6.21. The van der Waals surface area contributed by atoms with Crippen LogP contribution in [0.5, 0.6) is 0 Å². The molecule has 1 aliphatic rings. The summed E-state index contributed by atoms with van der Waals surface area (Å²) in [7, 11) is 0. The van der Waals surface area contributed by atoms with E-state index in [4.69, 9.17) is 11.6 Å². The number of nitrogens with zero attached hydrogens (tertiary/aromatic N) is 3. The number of benzene rings is 2. The Morgan fingerprint density at radius 2 is 1.91 bits per heavy atom. The van der Waals surface area contributed by atoms with Crippen molar-refractivity contribution in [1.82, 2.24) is 15.0 Å². The van der Waals surface area contributed by atoms with E-state index in [-0.39, 0.29) is 12.1 Å². The molecule has 0 saturated heterocycles. The van der Waals surface area contributed by atoms with Gasteiger partial charge in [-0.05, 0) is 30.5 Å². The third-order valence-corrected chi connectivity index (χ3v) is 6.95. The fourth-order valence-corrected chi connectivity index (χ4v) is 5.39. The predicted octanol–water partition coefficient (Wildman–Crippen LogP) is 5.73. The Labute approximate surface area is 195 Å². The van der Waals surface area contributed by atoms with Crippen molar-refractivity contribution >= 4 is 44.1 Å². The van der Waals surface area contributed by atoms with Crippen LogP contribution in [0.15, 0.2) is 54.9 Å². The van der Waals surface area contributed by atoms with Gasteiger partial charge >= 0.3 is 0 Å². The molecular formula is C24H24ClN5OS. The second-order valence-corrected chi connectivity index (χ2v) is 9.49. The summed E-state index contributed by atoms with van der Waals surface area (Å²) in [5.41, 5.74) is 3.69. The number of anilines is 2. The molecule has 4 aromatic rings. The lowest BCUT2D eigenvalue weighted by molar-refractivity contribution is 0.116. The smallest absolute Gasteiger partial charge is 0.184 e. The molecule has 164 valence electrons. The fraction of sp³-hybridized carbons (Fsp3) is 0.292. The lowest BCUT2D eigenvalue weighted by Crippen LogP contribution is -2.36. The van der Waals surface area contributed by atoms with Crippen molar-refractivity contribution < 1.29 is 5.11 Å². The van der Waals surface area contributed by atoms with E-state index in [0.717, 1.165) is 57.9 Å². The molecule has 3 N–H and O–H groups in total. The summed E-state index contributed by atoms with van der Waals surface area (Å²) in [6.07, 6.45) is 7.18. The Bertz CT molecular complexity index is 1220. The molecule has 32 heavy (non-hydrogen) atoms. The normalized spacial score (nSPS) is 18.6. The standard InChI is InChI=1S/C24H24ClN5OS/c25-17-10-15(12-27-22-14-26-13-19(28-22)16-6-2-1-3-7-16)11-21-23(17)30-24(32-21)29-18-8-4-5-9-20(18)31/h1-3,6-7,10-11,13-14,18,20,31H,4-5,8-9,12H2,(H,27,28)(H,29,30)/t18-,20-/m0/s1. The summed E-state index contributed by atoms with van der Waals surface area (Å²) in [6, 6.07) is 14.1. The van der Waals surface area contributed by atoms with Gasteiger partial charge in [-0.3, -0.25) is 4.98 Å². The molecule has 0 bridgehead atoms. The van der Waals surface area contributed by atoms with Gasteiger partial charge in [0.2, 0.25) is 0 Å². The van der Waals surface area contributed by atoms with E-state index in [1.807, 2.05) is 36.4 Å². The van der Waals surface area contributed by atoms with Crippen LogP contribution >= 0.6 is 22.9 Å². The van der Waals surface area contributed by atoms with E-state index in [2.05, 4.69) is 31.7 Å². The van der Waals surface area contributed by atoms with Gasteiger partial charge in [0, 0.05) is 12.1 Å². The van der Waals surface area contributed by atoms with Gasteiger partial charge in [-0.1, -0.05) is 66.1 Å². The topological polar surface area (TPSA) is 83.0 Å². The van der Waals surface area contributed by atoms with Crippen LogP contribution in [0.1, 0.15) is 31.2 Å². The van der Waals surface area contributed by atoms with Crippen LogP contribution < -0.4 is 10.6 Å². The van der Waals surface area contributed by atoms with Crippen LogP contribution in [0.3, 0.4) is 0 Å². The zero-order chi connectivity index (χ0) is 21.9. The number of hydrogen-bond donors (Lipinski definition) is 3. The van der Waals surface area contributed by atoms with Crippen molar-refractivity contribution in [1.29, 1.82) is 0 Å². The number of hydrogen-bond acceptors (Lipinski definition) is 7. The van der Waals surface area contributed by atoms with Crippen molar-refractivity contribution in [2.45, 2.75) is 44.4 Å². The maximum absolute atomic E-state index is 10.2. The quantitative estimate of drug-likeness (QED) is 0.337. The predicted molar refractivity (Wildman–Crippen MR) is 131 cm³/mol. The number of nitrogens with one attached hydrogen (secondary N) is 2. The largest absolute Gasteiger partial charge is 0.391 e. The van der Waals surface area contributed by atoms with Crippen molar-refractivity contribution in [2.75, 3.05) is 10.6 Å². The molecule has 6 nitrogen and oxygen atoms in total. The maximum atomic E-state index is 10.2. The molecule has 0 aliphatic heterocycles. The summed E-state index contributed by atoms with van der Waals surface area (Å²) in [5.74, 6) is 0.709. The zero-order valence-electron chi connectivity index (χ0n) is 17.5. The van der Waals surface area contributed by atoms with Crippen LogP contribution in [0, 0.1) is 0 Å². The third kappa shape index (κ3) is 4.70. The van der Waals surface area contributed by atoms with Gasteiger partial charge in [0.1, 0.15) is 11.3 Å². The molecule has 1 saturated carbocycles. The minimum atomic E-state index is -0.321. The highest BCUT2D eigenvalue weighted by Gasteiger charge is 2.24. The van der Waals surface area contributed by atoms with Crippen LogP contribution in [-0.2, 0) is 6.54 Å². The number of fused-ring (bicyclic) bond motifs is 1. The van der Waals surface area contributed by atoms with Gasteiger partial charge in [0.05, 0.1) is 40.0 Å². The van der Waals surface area contributed by atoms with Gasteiger partial charge in [0.25, 0.3) is 0 Å². The Hall–Kier alpha value is -2.74. The zero-order valence-corrected chi connectivity index (χ0v) is 19.0. The first-order valence-electron chi connectivity index (χ1n) is 10.8. The summed E-state index contributed by atoms with van der Waals surface area (Å²) in [6.45, 7) is 0.574. The molecule has 1 fully saturated rings. The summed E-state index contributed by atoms with van der Waals surface area (Å²) < 4.78 is 1.02. The maximum Gasteiger partial charge on any atom is 0.184 e. The minimum Gasteiger partial charge on any atom is -0.391 e. The van der Waals surface area contributed by atoms with E-state index in [1.165, 1.54) is 0 Å². The van der Waals surface area contributed by atoms with Gasteiger partial charge < -0.3 is 15.7 Å². The molecule has 5 rings (SSSR count). The molecule has 2 atom stereocenters. The molecule has 2 aromatic carbocycles. The highest BCUT2D eigenvalue weighted by Crippen LogP contribution is 2.34. The van der Waals surface area contributed by atoms with E-state index in [1.54, 1.807) is 23.7 Å². The molecule has 8 heteroatoms. The highest BCUT2D eigenvalue weighted by atomic mass is 35.5. The summed E-state index contributed by atoms with van der Waals surface area (Å²) in [4.78, 5) is 13.7. The second kappa shape index (κ2) is 9.40. The van der Waals surface area contributed by atoms with E-state index < -0.39 is 0 Å². The van der Waals surface area contributed by atoms with Crippen molar-refractivity contribution in [3.63, 3.8) is 0 Å². The Morgan fingerprint density at radius 3 is 2.75 bits per heavy atom. The summed E-state index contributed by atoms with van der Waals surface area (Å²) >= 11 is 8.11. The highest BCUT2D eigenvalue weighted by molar-refractivity contribution is 7.22. The van der Waals surface area contributed by atoms with Crippen molar-refractivity contribution in [3.05, 3.63) is 65.4 Å². The van der Waals surface area contributed by atoms with Crippen LogP contribution in [0.2, 0.25) is 5.02 Å². The third-order valence-electron chi connectivity index (χ3n) is 5.72. The summed E-state index contributed by atoms with van der Waals surface area (Å²) in [5, 5.41) is 18.4. The number of halogens is 1. The van der Waals surface area contributed by atoms with Gasteiger partial charge in [0.15, 0.2) is 5.13 Å². The molecule has 2 aromatic heterocycles. The SMILES string of the molecule is O[C@H]1CCCC[C@@H]1Nc1nc2c(Cl)cc(CNc3cncc(-c4ccccc4)n3)cc2s1. The lowest BCUT2D eigenvalue weighted by Gasteiger charge is -2.27. The molecule has 1 aliphatic carbocycles. The molecule has 0 unspecified atom stereocenters.